The molecule has 6 nitrogen and oxygen atoms in total. The minimum absolute atomic E-state index is 0.0385. The van der Waals surface area contributed by atoms with Gasteiger partial charge in [-0.15, -0.1) is 0 Å². The fourth-order valence-corrected chi connectivity index (χ4v) is 1.44. The van der Waals surface area contributed by atoms with Gasteiger partial charge in [-0.3, -0.25) is 14.9 Å². The Morgan fingerprint density at radius 2 is 2.20 bits per heavy atom. The van der Waals surface area contributed by atoms with E-state index in [1.54, 1.807) is 0 Å². The van der Waals surface area contributed by atoms with Gasteiger partial charge in [0.25, 0.3) is 0 Å². The Hall–Kier alpha value is -2.13. The highest BCUT2D eigenvalue weighted by atomic mass is 16.6. The number of nitro groups is 1. The Balaban J connectivity index is 2.95. The third-order valence-corrected chi connectivity index (χ3v) is 2.39. The number of carbonyl (C=O) groups excluding carboxylic acids is 1. The average Bonchev–Trinajstić information content (AvgIpc) is 2.84. The van der Waals surface area contributed by atoms with Gasteiger partial charge in [-0.2, -0.15) is 0 Å². The largest absolute Gasteiger partial charge is 0.461 e. The molecule has 1 aromatic rings. The molecule has 0 saturated carbocycles. The van der Waals surface area contributed by atoms with Crippen LogP contribution < -0.4 is 0 Å². The van der Waals surface area contributed by atoms with Gasteiger partial charge in [0, 0.05) is 10.3 Å². The molecule has 0 saturated heterocycles. The molecule has 1 N–H and O–H groups in total. The number of carbonyl (C=O) groups is 1. The Morgan fingerprint density at radius 1 is 1.55 bits per heavy atom. The van der Waals surface area contributed by atoms with Crippen LogP contribution in [0.2, 0.25) is 0 Å². The standard InChI is InChI=1S/C14H17NO5/c1-14(2,3)7-6-10(9-15(18)19)12(16)13(17)11-5-4-8-20-11/h4-5,8,10,12,16H,9H2,1-3H3/t10-,12-/m0/s1. The minimum atomic E-state index is -1.58. The van der Waals surface area contributed by atoms with E-state index >= 15 is 0 Å². The Labute approximate surface area is 116 Å². The molecule has 0 bridgehead atoms. The van der Waals surface area contributed by atoms with Gasteiger partial charge in [-0.05, 0) is 32.9 Å². The van der Waals surface area contributed by atoms with E-state index in [0.717, 1.165) is 0 Å². The monoisotopic (exact) mass is 279 g/mol. The van der Waals surface area contributed by atoms with E-state index in [-0.39, 0.29) is 11.2 Å². The lowest BCUT2D eigenvalue weighted by atomic mass is 9.93. The van der Waals surface area contributed by atoms with Crippen molar-refractivity contribution in [2.45, 2.75) is 26.9 Å². The van der Waals surface area contributed by atoms with Crippen LogP contribution in [-0.2, 0) is 0 Å². The summed E-state index contributed by atoms with van der Waals surface area (Å²) in [6.07, 6.45) is -0.287. The molecule has 0 aromatic carbocycles. The second-order valence-electron chi connectivity index (χ2n) is 5.43. The molecule has 0 unspecified atom stereocenters. The van der Waals surface area contributed by atoms with Crippen molar-refractivity contribution >= 4 is 5.78 Å². The maximum Gasteiger partial charge on any atom is 0.227 e. The van der Waals surface area contributed by atoms with Crippen LogP contribution in [0, 0.1) is 33.3 Å². The number of nitrogens with zero attached hydrogens (tertiary/aromatic N) is 1. The quantitative estimate of drug-likeness (QED) is 0.383. The smallest absolute Gasteiger partial charge is 0.227 e. The van der Waals surface area contributed by atoms with Gasteiger partial charge in [0.2, 0.25) is 12.3 Å². The van der Waals surface area contributed by atoms with Crippen molar-refractivity contribution in [2.24, 2.45) is 11.3 Å². The lowest BCUT2D eigenvalue weighted by Gasteiger charge is -2.14. The van der Waals surface area contributed by atoms with E-state index in [2.05, 4.69) is 11.8 Å². The number of aliphatic hydroxyl groups is 1. The van der Waals surface area contributed by atoms with Gasteiger partial charge < -0.3 is 9.52 Å². The van der Waals surface area contributed by atoms with Crippen LogP contribution in [0.25, 0.3) is 0 Å². The molecule has 0 aliphatic rings. The fourth-order valence-electron chi connectivity index (χ4n) is 1.44. The number of aliphatic hydroxyl groups excluding tert-OH is 1. The normalized spacial score (nSPS) is 14.0. The number of rotatable bonds is 5. The number of hydrogen-bond donors (Lipinski definition) is 1. The zero-order chi connectivity index (χ0) is 15.3. The molecule has 0 fully saturated rings. The van der Waals surface area contributed by atoms with E-state index in [1.807, 2.05) is 20.8 Å². The number of ketones is 1. The SMILES string of the molecule is CC(C)(C)C#C[C@@H](C[N+](=O)[O-])[C@H](O)C(=O)c1ccco1. The third kappa shape index (κ3) is 4.86. The minimum Gasteiger partial charge on any atom is -0.461 e. The maximum absolute atomic E-state index is 11.9. The van der Waals surface area contributed by atoms with E-state index in [9.17, 15) is 20.0 Å². The van der Waals surface area contributed by atoms with Crippen LogP contribution in [-0.4, -0.2) is 28.5 Å². The highest BCUT2D eigenvalue weighted by molar-refractivity contribution is 5.97. The molecule has 6 heteroatoms. The summed E-state index contributed by atoms with van der Waals surface area (Å²) in [5.74, 6) is 3.63. The predicted octanol–water partition coefficient (Wildman–Crippen LogP) is 1.77. The van der Waals surface area contributed by atoms with Gasteiger partial charge in [0.15, 0.2) is 5.76 Å². The third-order valence-electron chi connectivity index (χ3n) is 2.39. The molecule has 1 heterocycles. The Bertz CT molecular complexity index is 530. The Morgan fingerprint density at radius 3 is 2.65 bits per heavy atom. The van der Waals surface area contributed by atoms with Crippen molar-refractivity contribution in [1.29, 1.82) is 0 Å². The zero-order valence-corrected chi connectivity index (χ0v) is 11.6. The topological polar surface area (TPSA) is 93.6 Å². The lowest BCUT2D eigenvalue weighted by Crippen LogP contribution is -2.33. The number of furan rings is 1. The van der Waals surface area contributed by atoms with Crippen LogP contribution in [0.15, 0.2) is 22.8 Å². The summed E-state index contributed by atoms with van der Waals surface area (Å²) in [6, 6.07) is 2.90. The molecule has 108 valence electrons. The van der Waals surface area contributed by atoms with E-state index in [0.29, 0.717) is 0 Å². The number of hydrogen-bond acceptors (Lipinski definition) is 5. The average molecular weight is 279 g/mol. The van der Waals surface area contributed by atoms with Crippen molar-refractivity contribution in [1.82, 2.24) is 0 Å². The molecule has 0 spiro atoms. The van der Waals surface area contributed by atoms with Crippen LogP contribution >= 0.6 is 0 Å². The maximum atomic E-state index is 11.9. The molecule has 2 atom stereocenters. The summed E-state index contributed by atoms with van der Waals surface area (Å²) in [4.78, 5) is 22.0. The van der Waals surface area contributed by atoms with Crippen molar-refractivity contribution in [3.05, 3.63) is 34.3 Å². The molecule has 1 aromatic heterocycles. The van der Waals surface area contributed by atoms with Crippen LogP contribution in [0.5, 0.6) is 0 Å². The van der Waals surface area contributed by atoms with Gasteiger partial charge in [-0.1, -0.05) is 11.8 Å². The first-order valence-electron chi connectivity index (χ1n) is 6.11. The molecule has 0 aliphatic carbocycles. The van der Waals surface area contributed by atoms with Crippen molar-refractivity contribution < 1.29 is 19.2 Å². The lowest BCUT2D eigenvalue weighted by molar-refractivity contribution is -0.486. The summed E-state index contributed by atoms with van der Waals surface area (Å²) < 4.78 is 4.89. The first-order valence-corrected chi connectivity index (χ1v) is 6.11. The highest BCUT2D eigenvalue weighted by Gasteiger charge is 2.31. The van der Waals surface area contributed by atoms with Crippen LogP contribution in [0.4, 0.5) is 0 Å². The molecule has 0 radical (unpaired) electrons. The molecule has 20 heavy (non-hydrogen) atoms. The molecular formula is C14H17NO5. The summed E-state index contributed by atoms with van der Waals surface area (Å²) >= 11 is 0. The molecule has 0 aliphatic heterocycles. The Kier molecular flexibility index (Phi) is 5.06. The van der Waals surface area contributed by atoms with Crippen molar-refractivity contribution in [3.63, 3.8) is 0 Å². The van der Waals surface area contributed by atoms with Crippen LogP contribution in [0.3, 0.4) is 0 Å². The second-order valence-corrected chi connectivity index (χ2v) is 5.43. The number of Topliss-reactive ketones (excluding diaryl/α,β-unsaturated/α-hetero) is 1. The summed E-state index contributed by atoms with van der Waals surface area (Å²) in [5.41, 5.74) is -0.373. The van der Waals surface area contributed by atoms with Gasteiger partial charge >= 0.3 is 0 Å². The first-order chi connectivity index (χ1) is 9.20. The fraction of sp³-hybridized carbons (Fsp3) is 0.500. The van der Waals surface area contributed by atoms with E-state index in [4.69, 9.17) is 4.42 Å². The zero-order valence-electron chi connectivity index (χ0n) is 11.6. The summed E-state index contributed by atoms with van der Waals surface area (Å²) in [6.45, 7) is 4.91. The van der Waals surface area contributed by atoms with Gasteiger partial charge in [-0.25, -0.2) is 0 Å². The molecule has 1 rings (SSSR count). The summed E-state index contributed by atoms with van der Waals surface area (Å²) in [5, 5.41) is 20.6. The van der Waals surface area contributed by atoms with Crippen molar-refractivity contribution in [2.75, 3.05) is 6.54 Å². The molecular weight excluding hydrogens is 262 g/mol. The second kappa shape index (κ2) is 6.35. The highest BCUT2D eigenvalue weighted by Crippen LogP contribution is 2.15. The van der Waals surface area contributed by atoms with E-state index < -0.39 is 29.3 Å². The van der Waals surface area contributed by atoms with E-state index in [1.165, 1.54) is 18.4 Å². The van der Waals surface area contributed by atoms with Gasteiger partial charge in [0.1, 0.15) is 12.0 Å². The molecule has 0 amide bonds. The first kappa shape index (κ1) is 15.9. The summed E-state index contributed by atoms with van der Waals surface area (Å²) in [7, 11) is 0. The van der Waals surface area contributed by atoms with Gasteiger partial charge in [0.05, 0.1) is 6.26 Å². The van der Waals surface area contributed by atoms with Crippen LogP contribution in [0.1, 0.15) is 31.3 Å². The predicted molar refractivity (Wildman–Crippen MR) is 71.6 cm³/mol. The van der Waals surface area contributed by atoms with Crippen molar-refractivity contribution in [3.8, 4) is 11.8 Å².